The average Bonchev–Trinajstić information content (AvgIpc) is 2.31. The van der Waals surface area contributed by atoms with Gasteiger partial charge in [0.15, 0.2) is 0 Å². The van der Waals surface area contributed by atoms with Gasteiger partial charge in [-0.1, -0.05) is 19.8 Å². The van der Waals surface area contributed by atoms with E-state index in [4.69, 9.17) is 5.41 Å². The Morgan fingerprint density at radius 2 is 2.17 bits per heavy atom. The lowest BCUT2D eigenvalue weighted by atomic mass is 10.0. The second-order valence-corrected chi connectivity index (χ2v) is 4.55. The van der Waals surface area contributed by atoms with Crippen molar-refractivity contribution in [2.75, 3.05) is 6.67 Å². The molecule has 0 heterocycles. The lowest BCUT2D eigenvalue weighted by molar-refractivity contribution is -0.120. The van der Waals surface area contributed by atoms with Crippen LogP contribution >= 0.6 is 22.9 Å². The number of carbonyl (C=O) groups is 1. The SMILES string of the molecule is CCCC[C@@H](NC(=N)/C=N/I)C(CF)NC(C)=O. The molecule has 5 nitrogen and oxygen atoms in total. The maximum absolute atomic E-state index is 13.0. The lowest BCUT2D eigenvalue weighted by Gasteiger charge is -2.26. The van der Waals surface area contributed by atoms with Crippen LogP contribution in [0.5, 0.6) is 0 Å². The van der Waals surface area contributed by atoms with Gasteiger partial charge in [-0.05, 0) is 6.42 Å². The Hall–Kier alpha value is -0.730. The van der Waals surface area contributed by atoms with E-state index in [0.29, 0.717) is 6.42 Å². The van der Waals surface area contributed by atoms with Crippen LogP contribution in [0, 0.1) is 5.41 Å². The quantitative estimate of drug-likeness (QED) is 0.347. The molecule has 0 aliphatic carbocycles. The molecule has 1 amide bonds. The van der Waals surface area contributed by atoms with Crippen LogP contribution in [0.15, 0.2) is 3.21 Å². The molecule has 0 saturated carbocycles. The summed E-state index contributed by atoms with van der Waals surface area (Å²) in [5, 5.41) is 13.1. The van der Waals surface area contributed by atoms with Gasteiger partial charge in [0, 0.05) is 6.92 Å². The first-order valence-corrected chi connectivity index (χ1v) is 6.84. The van der Waals surface area contributed by atoms with Gasteiger partial charge in [0.1, 0.15) is 12.5 Å². The molecule has 0 rings (SSSR count). The number of unbranched alkanes of at least 4 members (excludes halogenated alkanes) is 1. The molecular formula is C11H20FIN4O. The highest BCUT2D eigenvalue weighted by molar-refractivity contribution is 14.1. The molecule has 3 N–H and O–H groups in total. The minimum atomic E-state index is -0.657. The molecule has 0 bridgehead atoms. The summed E-state index contributed by atoms with van der Waals surface area (Å²) < 4.78 is 16.7. The fourth-order valence-corrected chi connectivity index (χ4v) is 1.87. The Labute approximate surface area is 121 Å². The molecule has 0 aliphatic heterocycles. The number of nitrogens with one attached hydrogen (secondary N) is 3. The minimum absolute atomic E-state index is 0.120. The van der Waals surface area contributed by atoms with Crippen molar-refractivity contribution in [1.82, 2.24) is 10.6 Å². The molecular weight excluding hydrogens is 350 g/mol. The summed E-state index contributed by atoms with van der Waals surface area (Å²) in [6.45, 7) is 2.74. The number of carbonyl (C=O) groups excluding carboxylic acids is 1. The van der Waals surface area contributed by atoms with Gasteiger partial charge in [-0.2, -0.15) is 0 Å². The predicted molar refractivity (Wildman–Crippen MR) is 80.3 cm³/mol. The Kier molecular flexibility index (Phi) is 9.80. The van der Waals surface area contributed by atoms with Crippen LogP contribution in [-0.2, 0) is 4.79 Å². The van der Waals surface area contributed by atoms with Gasteiger partial charge in [-0.15, -0.1) is 0 Å². The van der Waals surface area contributed by atoms with E-state index in [1.807, 2.05) is 6.92 Å². The van der Waals surface area contributed by atoms with Gasteiger partial charge in [0.05, 0.1) is 41.2 Å². The summed E-state index contributed by atoms with van der Waals surface area (Å²) >= 11 is 1.77. The number of nitrogens with zero attached hydrogens (tertiary/aromatic N) is 1. The van der Waals surface area contributed by atoms with Gasteiger partial charge in [-0.3, -0.25) is 10.2 Å². The molecule has 0 aliphatic rings. The summed E-state index contributed by atoms with van der Waals surface area (Å²) in [6, 6.07) is -0.905. The summed E-state index contributed by atoms with van der Waals surface area (Å²) in [5.74, 6) is -0.149. The first kappa shape index (κ1) is 17.3. The second-order valence-electron chi connectivity index (χ2n) is 3.99. The van der Waals surface area contributed by atoms with Gasteiger partial charge in [-0.25, -0.2) is 7.60 Å². The van der Waals surface area contributed by atoms with Crippen LogP contribution < -0.4 is 10.6 Å². The lowest BCUT2D eigenvalue weighted by Crippen LogP contribution is -2.52. The van der Waals surface area contributed by atoms with Crippen LogP contribution in [0.4, 0.5) is 4.39 Å². The number of hydrogen-bond donors (Lipinski definition) is 3. The fourth-order valence-electron chi connectivity index (χ4n) is 1.59. The second kappa shape index (κ2) is 10.2. The van der Waals surface area contributed by atoms with Crippen LogP contribution in [0.2, 0.25) is 0 Å². The highest BCUT2D eigenvalue weighted by Gasteiger charge is 2.22. The highest BCUT2D eigenvalue weighted by atomic mass is 127. The average molecular weight is 370 g/mol. The molecule has 1 unspecified atom stereocenters. The standard InChI is InChI=1S/C11H20FIN4O/c1-3-4-5-9(17-11(14)7-15-13)10(6-12)16-8(2)18/h7,9-10H,3-6H2,1-2H3,(H2,14,17)(H,16,18)/b15-7+/t9-,10?/m1/s1. The molecule has 0 fully saturated rings. The zero-order valence-electron chi connectivity index (χ0n) is 10.7. The maximum atomic E-state index is 13.0. The predicted octanol–water partition coefficient (Wildman–Crippen LogP) is 2.01. The number of alkyl halides is 1. The van der Waals surface area contributed by atoms with Crippen LogP contribution in [0.3, 0.4) is 0 Å². The summed E-state index contributed by atoms with van der Waals surface area (Å²) in [7, 11) is 0. The van der Waals surface area contributed by atoms with Crippen molar-refractivity contribution in [3.63, 3.8) is 0 Å². The van der Waals surface area contributed by atoms with Crippen LogP contribution in [0.1, 0.15) is 33.1 Å². The molecule has 0 spiro atoms. The Morgan fingerprint density at radius 3 is 2.61 bits per heavy atom. The van der Waals surface area contributed by atoms with Gasteiger partial charge >= 0.3 is 0 Å². The van der Waals surface area contributed by atoms with E-state index in [-0.39, 0.29) is 17.8 Å². The van der Waals surface area contributed by atoms with Crippen LogP contribution in [-0.4, -0.2) is 36.7 Å². The van der Waals surface area contributed by atoms with Crippen LogP contribution in [0.25, 0.3) is 0 Å². The molecule has 0 aromatic rings. The monoisotopic (exact) mass is 370 g/mol. The molecule has 0 aromatic carbocycles. The molecule has 7 heteroatoms. The van der Waals surface area contributed by atoms with Gasteiger partial charge in [0.2, 0.25) is 5.91 Å². The van der Waals surface area contributed by atoms with E-state index < -0.39 is 12.7 Å². The third-order valence-electron chi connectivity index (χ3n) is 2.43. The van der Waals surface area contributed by atoms with E-state index in [1.165, 1.54) is 13.1 Å². The first-order valence-electron chi connectivity index (χ1n) is 5.87. The Morgan fingerprint density at radius 1 is 1.50 bits per heavy atom. The van der Waals surface area contributed by atoms with E-state index in [1.54, 1.807) is 22.9 Å². The largest absolute Gasteiger partial charge is 0.364 e. The molecule has 0 radical (unpaired) electrons. The zero-order valence-corrected chi connectivity index (χ0v) is 12.8. The normalized spacial score (nSPS) is 14.2. The number of amidine groups is 1. The molecule has 18 heavy (non-hydrogen) atoms. The fraction of sp³-hybridized carbons (Fsp3) is 0.727. The van der Waals surface area contributed by atoms with E-state index in [9.17, 15) is 9.18 Å². The highest BCUT2D eigenvalue weighted by Crippen LogP contribution is 2.06. The summed E-state index contributed by atoms with van der Waals surface area (Å²) in [5.41, 5.74) is 0. The first-order chi connectivity index (χ1) is 8.54. The van der Waals surface area contributed by atoms with E-state index >= 15 is 0 Å². The Balaban J connectivity index is 4.60. The van der Waals surface area contributed by atoms with E-state index in [2.05, 4.69) is 13.8 Å². The number of rotatable bonds is 8. The van der Waals surface area contributed by atoms with Crippen molar-refractivity contribution < 1.29 is 9.18 Å². The van der Waals surface area contributed by atoms with Gasteiger partial charge in [0.25, 0.3) is 0 Å². The Bertz CT molecular complexity index is 299. The van der Waals surface area contributed by atoms with Gasteiger partial charge < -0.3 is 10.6 Å². The van der Waals surface area contributed by atoms with E-state index in [0.717, 1.165) is 12.8 Å². The summed E-state index contributed by atoms with van der Waals surface area (Å²) in [6.07, 6.45) is 3.93. The van der Waals surface area contributed by atoms with Crippen molar-refractivity contribution in [3.05, 3.63) is 0 Å². The van der Waals surface area contributed by atoms with Crippen molar-refractivity contribution in [2.24, 2.45) is 3.21 Å². The number of halogens is 2. The molecule has 0 saturated heterocycles. The number of amides is 1. The minimum Gasteiger partial charge on any atom is -0.364 e. The summed E-state index contributed by atoms with van der Waals surface area (Å²) in [4.78, 5) is 11.0. The third-order valence-corrected chi connectivity index (χ3v) is 2.71. The van der Waals surface area contributed by atoms with Crippen molar-refractivity contribution in [1.29, 1.82) is 5.41 Å². The molecule has 104 valence electrons. The topological polar surface area (TPSA) is 77.3 Å². The molecule has 0 aromatic heterocycles. The number of hydrogen-bond acceptors (Lipinski definition) is 3. The molecule has 2 atom stereocenters. The van der Waals surface area contributed by atoms with Crippen molar-refractivity contribution in [2.45, 2.75) is 45.2 Å². The van der Waals surface area contributed by atoms with Crippen molar-refractivity contribution in [3.8, 4) is 0 Å². The maximum Gasteiger partial charge on any atom is 0.217 e. The zero-order chi connectivity index (χ0) is 14.0. The third kappa shape index (κ3) is 7.57. The van der Waals surface area contributed by atoms with Crippen molar-refractivity contribution >= 4 is 40.8 Å². The smallest absolute Gasteiger partial charge is 0.217 e.